The van der Waals surface area contributed by atoms with E-state index in [2.05, 4.69) is 29.7 Å². The molecule has 0 saturated heterocycles. The van der Waals surface area contributed by atoms with E-state index in [1.165, 1.54) is 23.8 Å². The highest BCUT2D eigenvalue weighted by molar-refractivity contribution is 7.99. The van der Waals surface area contributed by atoms with Crippen LogP contribution >= 0.6 is 11.8 Å². The van der Waals surface area contributed by atoms with Crippen LogP contribution in [0.4, 0.5) is 4.39 Å². The molecule has 0 aliphatic heterocycles. The van der Waals surface area contributed by atoms with Crippen LogP contribution in [0.5, 0.6) is 0 Å². The molecule has 1 aliphatic carbocycles. The van der Waals surface area contributed by atoms with E-state index in [1.807, 2.05) is 23.9 Å². The van der Waals surface area contributed by atoms with Crippen molar-refractivity contribution in [3.63, 3.8) is 0 Å². The quantitative estimate of drug-likeness (QED) is 0.543. The average molecular weight is 340 g/mol. The highest BCUT2D eigenvalue weighted by Crippen LogP contribution is 2.41. The van der Waals surface area contributed by atoms with Gasteiger partial charge in [-0.05, 0) is 49.3 Å². The van der Waals surface area contributed by atoms with Crippen LogP contribution in [0.2, 0.25) is 0 Å². The van der Waals surface area contributed by atoms with Gasteiger partial charge in [-0.2, -0.15) is 0 Å². The monoisotopic (exact) mass is 340 g/mol. The van der Waals surface area contributed by atoms with Gasteiger partial charge in [0.25, 0.3) is 0 Å². The number of benzene rings is 2. The van der Waals surface area contributed by atoms with Crippen molar-refractivity contribution >= 4 is 22.8 Å². The molecule has 124 valence electrons. The molecule has 0 radical (unpaired) electrons. The molecule has 1 aromatic heterocycles. The molecule has 2 aromatic carbocycles. The summed E-state index contributed by atoms with van der Waals surface area (Å²) in [7, 11) is 0. The van der Waals surface area contributed by atoms with Gasteiger partial charge >= 0.3 is 0 Å². The standard InChI is InChI=1S/C20H21FN2S/c1-2-11-24-16-9-10-18-19(12-16)23(20(22-18)14-7-8-14)13-15-5-3-4-6-17(15)21/h3-6,9-10,12,14H,2,7-8,11,13H2,1H3. The summed E-state index contributed by atoms with van der Waals surface area (Å²) in [6.45, 7) is 2.75. The summed E-state index contributed by atoms with van der Waals surface area (Å²) in [6, 6.07) is 13.5. The van der Waals surface area contributed by atoms with Crippen LogP contribution in [0.15, 0.2) is 47.4 Å². The van der Waals surface area contributed by atoms with Gasteiger partial charge in [-0.25, -0.2) is 9.37 Å². The number of halogens is 1. The third-order valence-electron chi connectivity index (χ3n) is 4.45. The number of nitrogens with zero attached hydrogens (tertiary/aromatic N) is 2. The van der Waals surface area contributed by atoms with Crippen LogP contribution in [-0.4, -0.2) is 15.3 Å². The largest absolute Gasteiger partial charge is 0.323 e. The topological polar surface area (TPSA) is 17.8 Å². The van der Waals surface area contributed by atoms with Crippen molar-refractivity contribution in [1.29, 1.82) is 0 Å². The molecule has 0 amide bonds. The maximum atomic E-state index is 14.1. The number of hydrogen-bond donors (Lipinski definition) is 0. The van der Waals surface area contributed by atoms with E-state index in [0.29, 0.717) is 12.5 Å². The molecule has 0 spiro atoms. The minimum absolute atomic E-state index is 0.141. The van der Waals surface area contributed by atoms with Crippen LogP contribution in [0.3, 0.4) is 0 Å². The van der Waals surface area contributed by atoms with Gasteiger partial charge in [0.05, 0.1) is 17.6 Å². The van der Waals surface area contributed by atoms with Crippen molar-refractivity contribution < 1.29 is 4.39 Å². The Bertz CT molecular complexity index is 867. The van der Waals surface area contributed by atoms with Gasteiger partial charge in [0.15, 0.2) is 0 Å². The lowest BCUT2D eigenvalue weighted by Gasteiger charge is -2.10. The van der Waals surface area contributed by atoms with Crippen LogP contribution in [0, 0.1) is 5.82 Å². The molecule has 0 N–H and O–H groups in total. The molecule has 1 heterocycles. The van der Waals surface area contributed by atoms with E-state index in [4.69, 9.17) is 4.98 Å². The Morgan fingerprint density at radius 2 is 2.04 bits per heavy atom. The Balaban J connectivity index is 1.78. The summed E-state index contributed by atoms with van der Waals surface area (Å²) in [4.78, 5) is 6.12. The van der Waals surface area contributed by atoms with Crippen molar-refractivity contribution in [3.8, 4) is 0 Å². The van der Waals surface area contributed by atoms with Crippen molar-refractivity contribution in [1.82, 2.24) is 9.55 Å². The molecule has 0 bridgehead atoms. The summed E-state index contributed by atoms with van der Waals surface area (Å²) in [5, 5.41) is 0. The Morgan fingerprint density at radius 3 is 2.79 bits per heavy atom. The Labute approximate surface area is 146 Å². The number of hydrogen-bond acceptors (Lipinski definition) is 2. The fraction of sp³-hybridized carbons (Fsp3) is 0.350. The molecule has 1 fully saturated rings. The number of fused-ring (bicyclic) bond motifs is 1. The fourth-order valence-electron chi connectivity index (χ4n) is 3.05. The first-order valence-electron chi connectivity index (χ1n) is 8.62. The number of thioether (sulfide) groups is 1. The van der Waals surface area contributed by atoms with Crippen molar-refractivity contribution in [3.05, 3.63) is 59.7 Å². The zero-order valence-corrected chi connectivity index (χ0v) is 14.7. The van der Waals surface area contributed by atoms with E-state index < -0.39 is 0 Å². The van der Waals surface area contributed by atoms with Gasteiger partial charge in [-0.1, -0.05) is 25.1 Å². The Morgan fingerprint density at radius 1 is 1.21 bits per heavy atom. The number of imidazole rings is 1. The van der Waals surface area contributed by atoms with Gasteiger partial charge in [-0.3, -0.25) is 0 Å². The van der Waals surface area contributed by atoms with Gasteiger partial charge in [0.2, 0.25) is 0 Å². The minimum Gasteiger partial charge on any atom is -0.323 e. The molecule has 0 atom stereocenters. The fourth-order valence-corrected chi connectivity index (χ4v) is 3.85. The lowest BCUT2D eigenvalue weighted by molar-refractivity contribution is 0.597. The molecule has 1 saturated carbocycles. The minimum atomic E-state index is -0.141. The highest BCUT2D eigenvalue weighted by atomic mass is 32.2. The van der Waals surface area contributed by atoms with Gasteiger partial charge in [-0.15, -0.1) is 11.8 Å². The molecule has 4 heteroatoms. The summed E-state index contributed by atoms with van der Waals surface area (Å²) in [5.74, 6) is 2.63. The number of aromatic nitrogens is 2. The molecule has 4 rings (SSSR count). The predicted molar refractivity (Wildman–Crippen MR) is 98.2 cm³/mol. The maximum Gasteiger partial charge on any atom is 0.128 e. The second-order valence-electron chi connectivity index (χ2n) is 6.42. The smallest absolute Gasteiger partial charge is 0.128 e. The van der Waals surface area contributed by atoms with Crippen LogP contribution < -0.4 is 0 Å². The van der Waals surface area contributed by atoms with Gasteiger partial charge < -0.3 is 4.57 Å². The van der Waals surface area contributed by atoms with Crippen molar-refractivity contribution in [2.24, 2.45) is 0 Å². The average Bonchev–Trinajstić information content (AvgIpc) is 3.38. The molecule has 1 aliphatic rings. The molecular weight excluding hydrogens is 319 g/mol. The van der Waals surface area contributed by atoms with Crippen molar-refractivity contribution in [2.75, 3.05) is 5.75 Å². The van der Waals surface area contributed by atoms with Gasteiger partial charge in [0.1, 0.15) is 11.6 Å². The van der Waals surface area contributed by atoms with E-state index in [-0.39, 0.29) is 5.82 Å². The van der Waals surface area contributed by atoms with Crippen LogP contribution in [0.25, 0.3) is 11.0 Å². The third-order valence-corrected chi connectivity index (χ3v) is 5.65. The van der Waals surface area contributed by atoms with Crippen LogP contribution in [0.1, 0.15) is 43.5 Å². The summed E-state index contributed by atoms with van der Waals surface area (Å²) in [6.07, 6.45) is 3.54. The van der Waals surface area contributed by atoms with Crippen molar-refractivity contribution in [2.45, 2.75) is 43.5 Å². The second kappa shape index (κ2) is 6.60. The molecule has 3 aromatic rings. The van der Waals surface area contributed by atoms with Gasteiger partial charge in [0, 0.05) is 16.4 Å². The lowest BCUT2D eigenvalue weighted by atomic mass is 10.2. The zero-order chi connectivity index (χ0) is 16.5. The van der Waals surface area contributed by atoms with E-state index in [0.717, 1.165) is 34.6 Å². The van der Waals surface area contributed by atoms with E-state index >= 15 is 0 Å². The van der Waals surface area contributed by atoms with E-state index in [9.17, 15) is 4.39 Å². The van der Waals surface area contributed by atoms with Crippen LogP contribution in [-0.2, 0) is 6.54 Å². The first-order valence-corrected chi connectivity index (χ1v) is 9.61. The summed E-state index contributed by atoms with van der Waals surface area (Å²) < 4.78 is 16.4. The Kier molecular flexibility index (Phi) is 4.31. The SMILES string of the molecule is CCCSc1ccc2nc(C3CC3)n(Cc3ccccc3F)c2c1. The normalized spacial score (nSPS) is 14.4. The van der Waals surface area contributed by atoms with E-state index in [1.54, 1.807) is 6.07 Å². The maximum absolute atomic E-state index is 14.1. The zero-order valence-electron chi connectivity index (χ0n) is 13.8. The highest BCUT2D eigenvalue weighted by Gasteiger charge is 2.29. The molecule has 24 heavy (non-hydrogen) atoms. The third kappa shape index (κ3) is 3.07. The lowest BCUT2D eigenvalue weighted by Crippen LogP contribution is -2.06. The molecular formula is C20H21FN2S. The first-order chi connectivity index (χ1) is 11.8. The first kappa shape index (κ1) is 15.7. The molecule has 2 nitrogen and oxygen atoms in total. The Hall–Kier alpha value is -1.81. The number of rotatable bonds is 6. The summed E-state index contributed by atoms with van der Waals surface area (Å²) >= 11 is 1.87. The predicted octanol–water partition coefficient (Wildman–Crippen LogP) is 5.60. The second-order valence-corrected chi connectivity index (χ2v) is 7.59. The molecule has 0 unspecified atom stereocenters. The summed E-state index contributed by atoms with van der Waals surface area (Å²) in [5.41, 5.74) is 2.88.